The predicted molar refractivity (Wildman–Crippen MR) is 114 cm³/mol. The molecule has 0 aliphatic carbocycles. The zero-order chi connectivity index (χ0) is 20.9. The van der Waals surface area contributed by atoms with E-state index < -0.39 is 0 Å². The number of pyridine rings is 1. The average Bonchev–Trinajstić information content (AvgIpc) is 2.78. The lowest BCUT2D eigenvalue weighted by Crippen LogP contribution is -2.32. The van der Waals surface area contributed by atoms with Crippen LogP contribution in [0.15, 0.2) is 60.9 Å². The molecule has 0 spiro atoms. The second-order valence-electron chi connectivity index (χ2n) is 6.97. The molecule has 0 radical (unpaired) electrons. The van der Waals surface area contributed by atoms with Crippen LogP contribution in [-0.4, -0.2) is 24.6 Å². The zero-order valence-corrected chi connectivity index (χ0v) is 17.2. The van der Waals surface area contributed by atoms with Crippen molar-refractivity contribution in [3.05, 3.63) is 77.1 Å². The Morgan fingerprint density at radius 3 is 2.93 bits per heavy atom. The van der Waals surface area contributed by atoms with Crippen LogP contribution in [0.2, 0.25) is 5.02 Å². The van der Waals surface area contributed by atoms with Crippen LogP contribution in [0, 0.1) is 5.92 Å². The van der Waals surface area contributed by atoms with Gasteiger partial charge in [0.05, 0.1) is 13.0 Å². The Morgan fingerprint density at radius 1 is 1.23 bits per heavy atom. The molecular weight excluding hydrogens is 404 g/mol. The fraction of sp³-hybridized carbons (Fsp3) is 0.217. The van der Waals surface area contributed by atoms with Gasteiger partial charge in [-0.1, -0.05) is 17.7 Å². The number of fused-ring (bicyclic) bond motifs is 1. The second-order valence-corrected chi connectivity index (χ2v) is 7.41. The van der Waals surface area contributed by atoms with Gasteiger partial charge in [0.2, 0.25) is 5.91 Å². The summed E-state index contributed by atoms with van der Waals surface area (Å²) in [7, 11) is 1.58. The summed E-state index contributed by atoms with van der Waals surface area (Å²) >= 11 is 6.07. The molecule has 1 aromatic heterocycles. The molecule has 1 N–H and O–H groups in total. The van der Waals surface area contributed by atoms with Crippen molar-refractivity contribution in [3.63, 3.8) is 0 Å². The van der Waals surface area contributed by atoms with Crippen LogP contribution in [0.3, 0.4) is 0 Å². The topological polar surface area (TPSA) is 69.7 Å². The van der Waals surface area contributed by atoms with Crippen LogP contribution < -0.4 is 19.5 Å². The van der Waals surface area contributed by atoms with Gasteiger partial charge in [0.25, 0.3) is 0 Å². The van der Waals surface area contributed by atoms with E-state index in [2.05, 4.69) is 10.3 Å². The third kappa shape index (κ3) is 4.66. The van der Waals surface area contributed by atoms with Crippen molar-refractivity contribution in [3.8, 4) is 17.2 Å². The number of aromatic nitrogens is 1. The minimum Gasteiger partial charge on any atom is -0.493 e. The number of rotatable bonds is 6. The molecule has 1 aliphatic heterocycles. The van der Waals surface area contributed by atoms with E-state index in [-0.39, 0.29) is 11.8 Å². The molecule has 0 saturated heterocycles. The van der Waals surface area contributed by atoms with E-state index in [1.165, 1.54) is 0 Å². The molecule has 2 aromatic carbocycles. The Labute approximate surface area is 179 Å². The molecule has 1 amide bonds. The quantitative estimate of drug-likeness (QED) is 0.630. The number of carbonyl (C=O) groups excluding carboxylic acids is 1. The van der Waals surface area contributed by atoms with Crippen molar-refractivity contribution in [2.24, 2.45) is 5.92 Å². The van der Waals surface area contributed by atoms with Gasteiger partial charge in [0, 0.05) is 34.7 Å². The van der Waals surface area contributed by atoms with Gasteiger partial charge in [-0.2, -0.15) is 0 Å². The molecule has 154 valence electrons. The van der Waals surface area contributed by atoms with E-state index in [4.69, 9.17) is 25.8 Å². The lowest BCUT2D eigenvalue weighted by molar-refractivity contribution is -0.121. The number of halogens is 1. The maximum Gasteiger partial charge on any atom is 0.231 e. The van der Waals surface area contributed by atoms with Crippen LogP contribution >= 0.6 is 11.6 Å². The van der Waals surface area contributed by atoms with Crippen molar-refractivity contribution in [2.75, 3.05) is 19.0 Å². The lowest BCUT2D eigenvalue weighted by Gasteiger charge is -2.25. The number of amides is 1. The summed E-state index contributed by atoms with van der Waals surface area (Å²) in [5, 5.41) is 3.58. The number of carbonyl (C=O) groups is 1. The van der Waals surface area contributed by atoms with Crippen molar-refractivity contribution in [1.29, 1.82) is 0 Å². The second kappa shape index (κ2) is 9.05. The van der Waals surface area contributed by atoms with Crippen LogP contribution in [0.5, 0.6) is 17.2 Å². The van der Waals surface area contributed by atoms with Crippen molar-refractivity contribution in [2.45, 2.75) is 13.0 Å². The number of hydrogen-bond acceptors (Lipinski definition) is 5. The van der Waals surface area contributed by atoms with Crippen LogP contribution in [0.4, 0.5) is 5.69 Å². The minimum atomic E-state index is -0.308. The average molecular weight is 425 g/mol. The highest BCUT2D eigenvalue weighted by Gasteiger charge is 2.26. The minimum absolute atomic E-state index is 0.121. The van der Waals surface area contributed by atoms with Crippen molar-refractivity contribution >= 4 is 23.2 Å². The number of anilines is 1. The molecule has 7 heteroatoms. The van der Waals surface area contributed by atoms with E-state index in [0.717, 1.165) is 16.9 Å². The SMILES string of the molecule is COc1ccc(NC(=O)C2COc3ccc(Cl)cc3C2)cc1OCc1cccnc1. The predicted octanol–water partition coefficient (Wildman–Crippen LogP) is 4.51. The van der Waals surface area contributed by atoms with Gasteiger partial charge < -0.3 is 19.5 Å². The van der Waals surface area contributed by atoms with Gasteiger partial charge >= 0.3 is 0 Å². The number of nitrogens with zero attached hydrogens (tertiary/aromatic N) is 1. The van der Waals surface area contributed by atoms with Gasteiger partial charge in [-0.15, -0.1) is 0 Å². The molecule has 30 heavy (non-hydrogen) atoms. The molecule has 1 aliphatic rings. The first-order chi connectivity index (χ1) is 14.6. The monoisotopic (exact) mass is 424 g/mol. The molecule has 6 nitrogen and oxygen atoms in total. The molecule has 1 unspecified atom stereocenters. The van der Waals surface area contributed by atoms with Crippen LogP contribution in [-0.2, 0) is 17.8 Å². The fourth-order valence-electron chi connectivity index (χ4n) is 3.29. The van der Waals surface area contributed by atoms with Gasteiger partial charge in [-0.3, -0.25) is 9.78 Å². The van der Waals surface area contributed by atoms with Gasteiger partial charge in [-0.05, 0) is 48.4 Å². The molecule has 0 saturated carbocycles. The Morgan fingerprint density at radius 2 is 2.13 bits per heavy atom. The normalized spacial score (nSPS) is 14.9. The molecule has 0 bridgehead atoms. The van der Waals surface area contributed by atoms with E-state index >= 15 is 0 Å². The van der Waals surface area contributed by atoms with Crippen LogP contribution in [0.1, 0.15) is 11.1 Å². The zero-order valence-electron chi connectivity index (χ0n) is 16.4. The number of benzene rings is 2. The van der Waals surface area contributed by atoms with Gasteiger partial charge in [-0.25, -0.2) is 0 Å². The number of hydrogen-bond donors (Lipinski definition) is 1. The summed E-state index contributed by atoms with van der Waals surface area (Å²) in [4.78, 5) is 16.9. The first-order valence-corrected chi connectivity index (χ1v) is 9.92. The Hall–Kier alpha value is -3.25. The highest BCUT2D eigenvalue weighted by Crippen LogP contribution is 2.33. The largest absolute Gasteiger partial charge is 0.493 e. The lowest BCUT2D eigenvalue weighted by atomic mass is 9.96. The smallest absolute Gasteiger partial charge is 0.231 e. The Kier molecular flexibility index (Phi) is 6.05. The van der Waals surface area contributed by atoms with E-state index in [9.17, 15) is 4.79 Å². The molecule has 0 fully saturated rings. The summed E-state index contributed by atoms with van der Waals surface area (Å²) in [6.45, 7) is 0.663. The third-order valence-electron chi connectivity index (χ3n) is 4.85. The number of ether oxygens (including phenoxy) is 3. The van der Waals surface area contributed by atoms with Gasteiger partial charge in [0.1, 0.15) is 19.0 Å². The Bertz CT molecular complexity index is 1040. The van der Waals surface area contributed by atoms with Gasteiger partial charge in [0.15, 0.2) is 11.5 Å². The summed E-state index contributed by atoms with van der Waals surface area (Å²) in [5.41, 5.74) is 2.49. The number of methoxy groups -OCH3 is 1. The molecular formula is C23H21ClN2O4. The maximum absolute atomic E-state index is 12.8. The molecule has 1 atom stereocenters. The maximum atomic E-state index is 12.8. The number of nitrogens with one attached hydrogen (secondary N) is 1. The highest BCUT2D eigenvalue weighted by atomic mass is 35.5. The summed E-state index contributed by atoms with van der Waals surface area (Å²) < 4.78 is 17.0. The standard InChI is InChI=1S/C23H21ClN2O4/c1-28-21-7-5-19(11-22(21)29-13-15-3-2-8-25-12-15)26-23(27)17-9-16-10-18(24)4-6-20(16)30-14-17/h2-8,10-12,17H,9,13-14H2,1H3,(H,26,27). The summed E-state index contributed by atoms with van der Waals surface area (Å²) in [5.74, 6) is 1.47. The van der Waals surface area contributed by atoms with Crippen LogP contribution in [0.25, 0.3) is 0 Å². The molecule has 4 rings (SSSR count). The fourth-order valence-corrected chi connectivity index (χ4v) is 3.48. The van der Waals surface area contributed by atoms with E-state index in [1.54, 1.807) is 43.8 Å². The molecule has 3 aromatic rings. The van der Waals surface area contributed by atoms with Crippen molar-refractivity contribution < 1.29 is 19.0 Å². The molecule has 2 heterocycles. The summed E-state index contributed by atoms with van der Waals surface area (Å²) in [6, 6.07) is 14.5. The van der Waals surface area contributed by atoms with E-state index in [0.29, 0.717) is 41.8 Å². The van der Waals surface area contributed by atoms with Crippen molar-refractivity contribution in [1.82, 2.24) is 4.98 Å². The van der Waals surface area contributed by atoms with E-state index in [1.807, 2.05) is 24.3 Å². The first-order valence-electron chi connectivity index (χ1n) is 9.54. The third-order valence-corrected chi connectivity index (χ3v) is 5.08. The summed E-state index contributed by atoms with van der Waals surface area (Å²) in [6.07, 6.45) is 4.02. The Balaban J connectivity index is 1.44. The highest BCUT2D eigenvalue weighted by molar-refractivity contribution is 6.30. The first kappa shape index (κ1) is 20.0.